The van der Waals surface area contributed by atoms with E-state index < -0.39 is 0 Å². The van der Waals surface area contributed by atoms with Crippen LogP contribution < -0.4 is 5.32 Å². The number of hydrogen-bond donors (Lipinski definition) is 1. The standard InChI is InChI=1S/C17H32N4O2/c1-18-16(19-13-17(20(2)3)9-5-6-10-17)21-11-7-14(8-12-21)15(22)23-4/h14H,5-13H2,1-4H3,(H,18,19). The van der Waals surface area contributed by atoms with Crippen molar-refractivity contribution in [3.63, 3.8) is 0 Å². The maximum atomic E-state index is 11.6. The zero-order valence-electron chi connectivity index (χ0n) is 15.1. The number of likely N-dealkylation sites (N-methyl/N-ethyl adjacent to an activating group) is 1. The van der Waals surface area contributed by atoms with Crippen molar-refractivity contribution in [2.45, 2.75) is 44.1 Å². The van der Waals surface area contributed by atoms with E-state index >= 15 is 0 Å². The number of nitrogens with zero attached hydrogens (tertiary/aromatic N) is 3. The molecule has 132 valence electrons. The molecule has 0 bridgehead atoms. The first-order valence-electron chi connectivity index (χ1n) is 8.73. The molecule has 1 N–H and O–H groups in total. The highest BCUT2D eigenvalue weighted by Crippen LogP contribution is 2.33. The Bertz CT molecular complexity index is 422. The highest BCUT2D eigenvalue weighted by atomic mass is 16.5. The Labute approximate surface area is 140 Å². The van der Waals surface area contributed by atoms with Crippen LogP contribution in [0.15, 0.2) is 4.99 Å². The first-order chi connectivity index (χ1) is 11.0. The molecule has 0 spiro atoms. The molecule has 23 heavy (non-hydrogen) atoms. The fourth-order valence-corrected chi connectivity index (χ4v) is 3.88. The highest BCUT2D eigenvalue weighted by molar-refractivity contribution is 5.80. The van der Waals surface area contributed by atoms with Gasteiger partial charge in [0.25, 0.3) is 0 Å². The molecule has 0 amide bonds. The fraction of sp³-hybridized carbons (Fsp3) is 0.882. The molecule has 0 atom stereocenters. The molecular weight excluding hydrogens is 292 g/mol. The van der Waals surface area contributed by atoms with Crippen molar-refractivity contribution in [2.24, 2.45) is 10.9 Å². The Morgan fingerprint density at radius 1 is 1.30 bits per heavy atom. The van der Waals surface area contributed by atoms with Crippen LogP contribution >= 0.6 is 0 Å². The van der Waals surface area contributed by atoms with Crippen LogP contribution in [-0.4, -0.2) is 75.2 Å². The molecule has 1 heterocycles. The Kier molecular flexibility index (Phi) is 6.27. The number of likely N-dealkylation sites (tertiary alicyclic amines) is 1. The Morgan fingerprint density at radius 2 is 1.91 bits per heavy atom. The van der Waals surface area contributed by atoms with Gasteiger partial charge in [-0.2, -0.15) is 0 Å². The monoisotopic (exact) mass is 324 g/mol. The summed E-state index contributed by atoms with van der Waals surface area (Å²) in [5, 5.41) is 3.58. The van der Waals surface area contributed by atoms with Gasteiger partial charge in [-0.1, -0.05) is 12.8 Å². The zero-order chi connectivity index (χ0) is 16.9. The number of ether oxygens (including phenoxy) is 1. The van der Waals surface area contributed by atoms with Gasteiger partial charge in [-0.15, -0.1) is 0 Å². The summed E-state index contributed by atoms with van der Waals surface area (Å²) in [4.78, 5) is 20.7. The SMILES string of the molecule is CN=C(NCC1(N(C)C)CCCC1)N1CCC(C(=O)OC)CC1. The van der Waals surface area contributed by atoms with E-state index in [-0.39, 0.29) is 17.4 Å². The van der Waals surface area contributed by atoms with Gasteiger partial charge in [-0.25, -0.2) is 0 Å². The molecule has 0 aromatic carbocycles. The molecule has 1 aliphatic carbocycles. The first kappa shape index (κ1) is 18.0. The zero-order valence-corrected chi connectivity index (χ0v) is 15.1. The number of rotatable bonds is 4. The van der Waals surface area contributed by atoms with Gasteiger partial charge < -0.3 is 19.9 Å². The molecule has 0 radical (unpaired) electrons. The summed E-state index contributed by atoms with van der Waals surface area (Å²) in [6.45, 7) is 2.65. The highest BCUT2D eigenvalue weighted by Gasteiger charge is 2.36. The lowest BCUT2D eigenvalue weighted by atomic mass is 9.95. The number of methoxy groups -OCH3 is 1. The quantitative estimate of drug-likeness (QED) is 0.480. The summed E-state index contributed by atoms with van der Waals surface area (Å²) in [6.07, 6.45) is 6.78. The molecule has 2 aliphatic rings. The lowest BCUT2D eigenvalue weighted by Crippen LogP contribution is -2.54. The minimum atomic E-state index is -0.0786. The predicted octanol–water partition coefficient (Wildman–Crippen LogP) is 1.32. The minimum Gasteiger partial charge on any atom is -0.469 e. The minimum absolute atomic E-state index is 0.0392. The first-order valence-corrected chi connectivity index (χ1v) is 8.73. The topological polar surface area (TPSA) is 57.2 Å². The number of nitrogens with one attached hydrogen (secondary N) is 1. The van der Waals surface area contributed by atoms with Crippen LogP contribution in [0.5, 0.6) is 0 Å². The molecule has 0 aromatic rings. The van der Waals surface area contributed by atoms with Gasteiger partial charge in [-0.3, -0.25) is 9.79 Å². The van der Waals surface area contributed by atoms with E-state index in [1.165, 1.54) is 32.8 Å². The van der Waals surface area contributed by atoms with Gasteiger partial charge in [0.2, 0.25) is 0 Å². The van der Waals surface area contributed by atoms with Crippen LogP contribution in [0.4, 0.5) is 0 Å². The normalized spacial score (nSPS) is 22.5. The molecule has 6 heteroatoms. The van der Waals surface area contributed by atoms with E-state index in [0.717, 1.165) is 38.4 Å². The number of aliphatic imine (C=N–C) groups is 1. The van der Waals surface area contributed by atoms with E-state index in [4.69, 9.17) is 4.74 Å². The van der Waals surface area contributed by atoms with E-state index in [1.807, 2.05) is 7.05 Å². The molecule has 6 nitrogen and oxygen atoms in total. The van der Waals surface area contributed by atoms with Gasteiger partial charge in [-0.05, 0) is 39.8 Å². The molecule has 0 unspecified atom stereocenters. The molecule has 1 aliphatic heterocycles. The number of carbonyl (C=O) groups excluding carboxylic acids is 1. The number of hydrogen-bond acceptors (Lipinski definition) is 4. The second-order valence-electron chi connectivity index (χ2n) is 7.01. The van der Waals surface area contributed by atoms with Crippen molar-refractivity contribution >= 4 is 11.9 Å². The maximum Gasteiger partial charge on any atom is 0.308 e. The van der Waals surface area contributed by atoms with Crippen LogP contribution in [0, 0.1) is 5.92 Å². The van der Waals surface area contributed by atoms with Crippen LogP contribution in [0.3, 0.4) is 0 Å². The van der Waals surface area contributed by atoms with Gasteiger partial charge in [0.15, 0.2) is 5.96 Å². The van der Waals surface area contributed by atoms with Crippen LogP contribution in [0.25, 0.3) is 0 Å². The van der Waals surface area contributed by atoms with Crippen molar-refractivity contribution in [1.29, 1.82) is 0 Å². The summed E-state index contributed by atoms with van der Waals surface area (Å²) in [5.74, 6) is 0.920. The van der Waals surface area contributed by atoms with Gasteiger partial charge in [0.05, 0.1) is 13.0 Å². The molecule has 2 rings (SSSR count). The smallest absolute Gasteiger partial charge is 0.308 e. The lowest BCUT2D eigenvalue weighted by molar-refractivity contribution is -0.146. The lowest BCUT2D eigenvalue weighted by Gasteiger charge is -2.39. The van der Waals surface area contributed by atoms with E-state index in [0.29, 0.717) is 0 Å². The second-order valence-corrected chi connectivity index (χ2v) is 7.01. The van der Waals surface area contributed by atoms with Crippen molar-refractivity contribution in [3.05, 3.63) is 0 Å². The number of piperidine rings is 1. The van der Waals surface area contributed by atoms with Gasteiger partial charge >= 0.3 is 5.97 Å². The van der Waals surface area contributed by atoms with E-state index in [1.54, 1.807) is 0 Å². The van der Waals surface area contributed by atoms with Gasteiger partial charge in [0, 0.05) is 32.2 Å². The number of esters is 1. The Morgan fingerprint density at radius 3 is 2.39 bits per heavy atom. The van der Waals surface area contributed by atoms with Crippen molar-refractivity contribution in [3.8, 4) is 0 Å². The second kappa shape index (κ2) is 7.99. The fourth-order valence-electron chi connectivity index (χ4n) is 3.88. The molecule has 0 aromatic heterocycles. The summed E-state index contributed by atoms with van der Waals surface area (Å²) in [7, 11) is 7.67. The number of guanidine groups is 1. The Hall–Kier alpha value is -1.30. The molecule has 1 saturated carbocycles. The molecular formula is C17H32N4O2. The van der Waals surface area contributed by atoms with Crippen LogP contribution in [0.2, 0.25) is 0 Å². The van der Waals surface area contributed by atoms with Crippen molar-refractivity contribution in [2.75, 3.05) is 47.9 Å². The molecule has 2 fully saturated rings. The largest absolute Gasteiger partial charge is 0.469 e. The van der Waals surface area contributed by atoms with E-state index in [2.05, 4.69) is 34.2 Å². The van der Waals surface area contributed by atoms with Gasteiger partial charge in [0.1, 0.15) is 0 Å². The maximum absolute atomic E-state index is 11.6. The summed E-state index contributed by atoms with van der Waals surface area (Å²) < 4.78 is 4.86. The third-order valence-corrected chi connectivity index (χ3v) is 5.60. The average Bonchev–Trinajstić information content (AvgIpc) is 3.05. The molecule has 1 saturated heterocycles. The predicted molar refractivity (Wildman–Crippen MR) is 92.6 cm³/mol. The Balaban J connectivity index is 1.88. The average molecular weight is 324 g/mol. The third-order valence-electron chi connectivity index (χ3n) is 5.60. The van der Waals surface area contributed by atoms with E-state index in [9.17, 15) is 4.79 Å². The van der Waals surface area contributed by atoms with Crippen molar-refractivity contribution in [1.82, 2.24) is 15.1 Å². The summed E-state index contributed by atoms with van der Waals surface area (Å²) in [5.41, 5.74) is 0.250. The van der Waals surface area contributed by atoms with Crippen LogP contribution in [0.1, 0.15) is 38.5 Å². The summed E-state index contributed by atoms with van der Waals surface area (Å²) in [6, 6.07) is 0. The number of carbonyl (C=O) groups is 1. The van der Waals surface area contributed by atoms with Crippen molar-refractivity contribution < 1.29 is 9.53 Å². The summed E-state index contributed by atoms with van der Waals surface area (Å²) >= 11 is 0. The van der Waals surface area contributed by atoms with Crippen LogP contribution in [-0.2, 0) is 9.53 Å². The third kappa shape index (κ3) is 4.16.